The fourth-order valence-corrected chi connectivity index (χ4v) is 3.04. The Kier molecular flexibility index (Phi) is 3.83. The van der Waals surface area contributed by atoms with Gasteiger partial charge in [-0.2, -0.15) is 5.01 Å². The predicted molar refractivity (Wildman–Crippen MR) is 79.6 cm³/mol. The van der Waals surface area contributed by atoms with Crippen LogP contribution >= 0.6 is 0 Å². The van der Waals surface area contributed by atoms with Crippen molar-refractivity contribution >= 4 is 17.8 Å². The Bertz CT molecular complexity index is 605. The third kappa shape index (κ3) is 2.56. The fourth-order valence-electron chi connectivity index (χ4n) is 3.04. The minimum Gasteiger partial charge on any atom is -0.311 e. The molecule has 1 atom stereocenters. The summed E-state index contributed by atoms with van der Waals surface area (Å²) in [6, 6.07) is 6.75. The molecule has 0 saturated carbocycles. The lowest BCUT2D eigenvalue weighted by Crippen LogP contribution is -2.47. The van der Waals surface area contributed by atoms with E-state index in [0.29, 0.717) is 13.0 Å². The summed E-state index contributed by atoms with van der Waals surface area (Å²) >= 11 is 0. The molecule has 6 nitrogen and oxygen atoms in total. The Morgan fingerprint density at radius 3 is 2.77 bits per heavy atom. The number of nitrogens with one attached hydrogen (secondary N) is 1. The molecule has 0 radical (unpaired) electrons. The van der Waals surface area contributed by atoms with Gasteiger partial charge < -0.3 is 4.90 Å². The molecule has 116 valence electrons. The van der Waals surface area contributed by atoms with Gasteiger partial charge in [0.15, 0.2) is 0 Å². The summed E-state index contributed by atoms with van der Waals surface area (Å²) in [4.78, 5) is 38.2. The molecule has 3 rings (SSSR count). The van der Waals surface area contributed by atoms with Crippen LogP contribution in [0.3, 0.4) is 0 Å². The molecular weight excluding hydrogens is 282 g/mol. The molecule has 1 N–H and O–H groups in total. The number of imide groups is 1. The molecule has 4 amide bonds. The molecule has 2 saturated heterocycles. The molecule has 1 aromatic carbocycles. The topological polar surface area (TPSA) is 69.7 Å². The molecule has 1 aromatic rings. The minimum absolute atomic E-state index is 0.147. The van der Waals surface area contributed by atoms with E-state index in [1.165, 1.54) is 0 Å². The van der Waals surface area contributed by atoms with Gasteiger partial charge in [-0.3, -0.25) is 15.0 Å². The number of carbonyl (C=O) groups is 3. The molecule has 2 heterocycles. The Hall–Kier alpha value is -2.37. The number of benzene rings is 1. The summed E-state index contributed by atoms with van der Waals surface area (Å²) in [6.07, 6.45) is 2.66. The predicted octanol–water partition coefficient (Wildman–Crippen LogP) is 1.39. The van der Waals surface area contributed by atoms with Crippen molar-refractivity contribution in [2.75, 3.05) is 6.54 Å². The maximum Gasteiger partial charge on any atom is 0.346 e. The number of rotatable bonds is 3. The summed E-state index contributed by atoms with van der Waals surface area (Å²) in [5.74, 6) is -0.668. The summed E-state index contributed by atoms with van der Waals surface area (Å²) < 4.78 is 0. The summed E-state index contributed by atoms with van der Waals surface area (Å²) in [5, 5.41) is 0.886. The Morgan fingerprint density at radius 2 is 2.05 bits per heavy atom. The molecule has 0 aliphatic carbocycles. The van der Waals surface area contributed by atoms with Crippen LogP contribution in [0.4, 0.5) is 4.79 Å². The van der Waals surface area contributed by atoms with Crippen LogP contribution in [-0.2, 0) is 16.0 Å². The van der Waals surface area contributed by atoms with Crippen molar-refractivity contribution in [1.29, 1.82) is 0 Å². The molecule has 0 bridgehead atoms. The molecule has 22 heavy (non-hydrogen) atoms. The van der Waals surface area contributed by atoms with Crippen LogP contribution in [0.1, 0.15) is 30.4 Å². The first-order valence-electron chi connectivity index (χ1n) is 7.56. The van der Waals surface area contributed by atoms with Crippen molar-refractivity contribution in [3.63, 3.8) is 0 Å². The van der Waals surface area contributed by atoms with Crippen molar-refractivity contribution in [2.45, 2.75) is 38.6 Å². The van der Waals surface area contributed by atoms with E-state index in [9.17, 15) is 14.4 Å². The summed E-state index contributed by atoms with van der Waals surface area (Å²) in [5.41, 5.74) is 4.36. The fraction of sp³-hybridized carbons (Fsp3) is 0.438. The monoisotopic (exact) mass is 301 g/mol. The van der Waals surface area contributed by atoms with Crippen LogP contribution in [0.5, 0.6) is 0 Å². The van der Waals surface area contributed by atoms with Crippen LogP contribution in [0.15, 0.2) is 24.3 Å². The van der Waals surface area contributed by atoms with E-state index in [-0.39, 0.29) is 18.2 Å². The molecule has 1 unspecified atom stereocenters. The first-order chi connectivity index (χ1) is 10.6. The van der Waals surface area contributed by atoms with Gasteiger partial charge in [0, 0.05) is 6.54 Å². The molecule has 2 fully saturated rings. The standard InChI is InChI=1S/C16H19N3O3/c1-11-6-2-3-7-12(11)10-14(20)17-19-15(21)13-8-4-5-9-18(13)16(19)22/h2-3,6-7,13H,4-5,8-10H2,1H3,(H,17,20). The number of hydrogen-bond donors (Lipinski definition) is 1. The lowest BCUT2D eigenvalue weighted by molar-refractivity contribution is -0.136. The molecule has 2 aliphatic heterocycles. The second kappa shape index (κ2) is 5.79. The molecule has 0 aromatic heterocycles. The van der Waals surface area contributed by atoms with E-state index >= 15 is 0 Å². The molecule has 6 heteroatoms. The van der Waals surface area contributed by atoms with Crippen molar-refractivity contribution < 1.29 is 14.4 Å². The number of hydrogen-bond acceptors (Lipinski definition) is 3. The van der Waals surface area contributed by atoms with Crippen LogP contribution in [0.2, 0.25) is 0 Å². The average molecular weight is 301 g/mol. The van der Waals surface area contributed by atoms with Gasteiger partial charge in [0.2, 0.25) is 5.91 Å². The van der Waals surface area contributed by atoms with Gasteiger partial charge in [0.05, 0.1) is 6.42 Å². The van der Waals surface area contributed by atoms with E-state index < -0.39 is 12.1 Å². The molecular formula is C16H19N3O3. The van der Waals surface area contributed by atoms with Crippen LogP contribution in [0, 0.1) is 6.92 Å². The average Bonchev–Trinajstić information content (AvgIpc) is 2.75. The van der Waals surface area contributed by atoms with Gasteiger partial charge in [-0.25, -0.2) is 4.79 Å². The maximum absolute atomic E-state index is 12.3. The second-order valence-corrected chi connectivity index (χ2v) is 5.80. The first-order valence-corrected chi connectivity index (χ1v) is 7.56. The Balaban J connectivity index is 1.68. The van der Waals surface area contributed by atoms with Gasteiger partial charge in [-0.05, 0) is 37.3 Å². The quantitative estimate of drug-likeness (QED) is 0.858. The highest BCUT2D eigenvalue weighted by Gasteiger charge is 2.46. The second-order valence-electron chi connectivity index (χ2n) is 5.80. The number of nitrogens with zero attached hydrogens (tertiary/aromatic N) is 2. The van der Waals surface area contributed by atoms with E-state index in [4.69, 9.17) is 0 Å². The van der Waals surface area contributed by atoms with Gasteiger partial charge >= 0.3 is 6.03 Å². The number of fused-ring (bicyclic) bond motifs is 1. The van der Waals surface area contributed by atoms with Crippen molar-refractivity contribution in [2.24, 2.45) is 0 Å². The number of urea groups is 1. The van der Waals surface area contributed by atoms with E-state index in [0.717, 1.165) is 29.0 Å². The largest absolute Gasteiger partial charge is 0.346 e. The van der Waals surface area contributed by atoms with E-state index in [2.05, 4.69) is 5.43 Å². The number of piperidine rings is 1. The van der Waals surface area contributed by atoms with Gasteiger partial charge in [0.25, 0.3) is 5.91 Å². The number of amides is 4. The normalized spacial score (nSPS) is 21.0. The first kappa shape index (κ1) is 14.6. The lowest BCUT2D eigenvalue weighted by Gasteiger charge is -2.25. The third-order valence-electron chi connectivity index (χ3n) is 4.29. The highest BCUT2D eigenvalue weighted by Crippen LogP contribution is 2.25. The maximum atomic E-state index is 12.3. The zero-order valence-electron chi connectivity index (χ0n) is 12.5. The molecule has 2 aliphatic rings. The van der Waals surface area contributed by atoms with E-state index in [1.54, 1.807) is 4.90 Å². The van der Waals surface area contributed by atoms with E-state index in [1.807, 2.05) is 31.2 Å². The zero-order valence-corrected chi connectivity index (χ0v) is 12.5. The van der Waals surface area contributed by atoms with Crippen LogP contribution < -0.4 is 5.43 Å². The smallest absolute Gasteiger partial charge is 0.311 e. The van der Waals surface area contributed by atoms with Crippen LogP contribution in [0.25, 0.3) is 0 Å². The van der Waals surface area contributed by atoms with Gasteiger partial charge in [-0.1, -0.05) is 24.3 Å². The summed E-state index contributed by atoms with van der Waals surface area (Å²) in [6.45, 7) is 2.51. The summed E-state index contributed by atoms with van der Waals surface area (Å²) in [7, 11) is 0. The van der Waals surface area contributed by atoms with Crippen molar-refractivity contribution in [3.8, 4) is 0 Å². The van der Waals surface area contributed by atoms with Gasteiger partial charge in [-0.15, -0.1) is 0 Å². The SMILES string of the molecule is Cc1ccccc1CC(=O)NN1C(=O)C2CCCCN2C1=O. The Labute approximate surface area is 129 Å². The van der Waals surface area contributed by atoms with Gasteiger partial charge in [0.1, 0.15) is 6.04 Å². The molecule has 0 spiro atoms. The van der Waals surface area contributed by atoms with Crippen molar-refractivity contribution in [1.82, 2.24) is 15.3 Å². The Morgan fingerprint density at radius 1 is 1.27 bits per heavy atom. The van der Waals surface area contributed by atoms with Crippen LogP contribution in [-0.4, -0.2) is 40.3 Å². The number of carbonyl (C=O) groups excluding carboxylic acids is 3. The highest BCUT2D eigenvalue weighted by molar-refractivity contribution is 6.05. The number of aryl methyl sites for hydroxylation is 1. The third-order valence-corrected chi connectivity index (χ3v) is 4.29. The highest BCUT2D eigenvalue weighted by atomic mass is 16.2. The zero-order chi connectivity index (χ0) is 15.7. The number of hydrazine groups is 1. The minimum atomic E-state index is -0.409. The van der Waals surface area contributed by atoms with Crippen molar-refractivity contribution in [3.05, 3.63) is 35.4 Å². The lowest BCUT2D eigenvalue weighted by atomic mass is 10.0.